The van der Waals surface area contributed by atoms with Crippen LogP contribution in [0.5, 0.6) is 11.5 Å². The molecule has 0 aromatic heterocycles. The van der Waals surface area contributed by atoms with Crippen LogP contribution in [0.15, 0.2) is 53.4 Å². The first-order chi connectivity index (χ1) is 8.47. The summed E-state index contributed by atoms with van der Waals surface area (Å²) in [7, 11) is -4.63. The van der Waals surface area contributed by atoms with Gasteiger partial charge in [0.2, 0.25) is 0 Å². The first kappa shape index (κ1) is 12.4. The van der Waals surface area contributed by atoms with E-state index in [4.69, 9.17) is 10.5 Å². The van der Waals surface area contributed by atoms with Crippen LogP contribution in [0.25, 0.3) is 0 Å². The van der Waals surface area contributed by atoms with Crippen molar-refractivity contribution in [1.82, 2.24) is 0 Å². The second-order valence-corrected chi connectivity index (χ2v) is 4.92. The maximum atomic E-state index is 11.1. The zero-order valence-electron chi connectivity index (χ0n) is 9.24. The largest absolute Gasteiger partial charge is 0.744 e. The summed E-state index contributed by atoms with van der Waals surface area (Å²) in [6.07, 6.45) is 0. The van der Waals surface area contributed by atoms with Crippen molar-refractivity contribution in [1.29, 1.82) is 0 Å². The van der Waals surface area contributed by atoms with Crippen LogP contribution >= 0.6 is 0 Å². The van der Waals surface area contributed by atoms with Crippen molar-refractivity contribution in [3.63, 3.8) is 0 Å². The van der Waals surface area contributed by atoms with Gasteiger partial charge in [-0.2, -0.15) is 0 Å². The predicted octanol–water partition coefficient (Wildman–Crippen LogP) is 1.97. The summed E-state index contributed by atoms with van der Waals surface area (Å²) in [5, 5.41) is 0. The van der Waals surface area contributed by atoms with Crippen molar-refractivity contribution in [2.45, 2.75) is 4.90 Å². The van der Waals surface area contributed by atoms with E-state index in [0.717, 1.165) is 6.07 Å². The van der Waals surface area contributed by atoms with Crippen LogP contribution in [0.4, 0.5) is 5.69 Å². The Kier molecular flexibility index (Phi) is 3.22. The van der Waals surface area contributed by atoms with E-state index >= 15 is 0 Å². The van der Waals surface area contributed by atoms with Crippen LogP contribution in [-0.2, 0) is 10.1 Å². The number of rotatable bonds is 3. The molecule has 2 aromatic rings. The average Bonchev–Trinajstić information content (AvgIpc) is 2.31. The predicted molar refractivity (Wildman–Crippen MR) is 65.3 cm³/mol. The Morgan fingerprint density at radius 1 is 1.06 bits per heavy atom. The fraction of sp³-hybridized carbons (Fsp3) is 0. The van der Waals surface area contributed by atoms with Crippen molar-refractivity contribution >= 4 is 15.8 Å². The number of ether oxygens (including phenoxy) is 1. The molecule has 0 unspecified atom stereocenters. The summed E-state index contributed by atoms with van der Waals surface area (Å²) >= 11 is 0. The van der Waals surface area contributed by atoms with Gasteiger partial charge < -0.3 is 15.0 Å². The molecule has 0 radical (unpaired) electrons. The van der Waals surface area contributed by atoms with E-state index < -0.39 is 15.0 Å². The Morgan fingerprint density at radius 2 is 1.72 bits per heavy atom. The molecule has 0 amide bonds. The van der Waals surface area contributed by atoms with Gasteiger partial charge in [0.1, 0.15) is 21.6 Å². The molecule has 5 nitrogen and oxygen atoms in total. The highest BCUT2D eigenvalue weighted by molar-refractivity contribution is 7.85. The fourth-order valence-electron chi connectivity index (χ4n) is 1.42. The van der Waals surface area contributed by atoms with Gasteiger partial charge in [-0.3, -0.25) is 0 Å². The molecule has 0 aliphatic rings. The topological polar surface area (TPSA) is 92.5 Å². The molecule has 0 saturated heterocycles. The lowest BCUT2D eigenvalue weighted by Crippen LogP contribution is -2.02. The van der Waals surface area contributed by atoms with Crippen LogP contribution in [0.1, 0.15) is 0 Å². The Hall–Kier alpha value is -2.05. The molecule has 0 aliphatic heterocycles. The van der Waals surface area contributed by atoms with Gasteiger partial charge in [-0.05, 0) is 30.3 Å². The van der Waals surface area contributed by atoms with Crippen molar-refractivity contribution in [2.75, 3.05) is 5.73 Å². The van der Waals surface area contributed by atoms with Gasteiger partial charge in [0, 0.05) is 5.69 Å². The van der Waals surface area contributed by atoms with Crippen LogP contribution in [0.2, 0.25) is 0 Å². The third kappa shape index (κ3) is 2.79. The third-order valence-corrected chi connectivity index (χ3v) is 3.07. The van der Waals surface area contributed by atoms with E-state index in [-0.39, 0.29) is 11.4 Å². The molecule has 94 valence electrons. The first-order valence-electron chi connectivity index (χ1n) is 5.05. The average molecular weight is 264 g/mol. The molecule has 2 rings (SSSR count). The third-order valence-electron chi connectivity index (χ3n) is 2.21. The highest BCUT2D eigenvalue weighted by Gasteiger charge is 2.11. The van der Waals surface area contributed by atoms with E-state index in [1.54, 1.807) is 30.3 Å². The normalized spacial score (nSPS) is 11.2. The summed E-state index contributed by atoms with van der Waals surface area (Å²) in [5.41, 5.74) is 5.64. The zero-order chi connectivity index (χ0) is 13.2. The number of para-hydroxylation sites is 1. The van der Waals surface area contributed by atoms with Gasteiger partial charge >= 0.3 is 0 Å². The SMILES string of the molecule is Nc1ccc(Oc2ccccc2)c(S(=O)(=O)[O-])c1. The first-order valence-corrected chi connectivity index (χ1v) is 6.46. The Labute approximate surface area is 105 Å². The molecule has 6 heteroatoms. The molecule has 0 fully saturated rings. The highest BCUT2D eigenvalue weighted by Crippen LogP contribution is 2.30. The van der Waals surface area contributed by atoms with E-state index in [9.17, 15) is 13.0 Å². The Morgan fingerprint density at radius 3 is 2.33 bits per heavy atom. The van der Waals surface area contributed by atoms with Crippen molar-refractivity contribution in [3.05, 3.63) is 48.5 Å². The summed E-state index contributed by atoms with van der Waals surface area (Å²) in [5.74, 6) is 0.401. The minimum atomic E-state index is -4.63. The molecule has 0 saturated carbocycles. The van der Waals surface area contributed by atoms with Gasteiger partial charge in [0.25, 0.3) is 0 Å². The van der Waals surface area contributed by atoms with Gasteiger partial charge in [-0.1, -0.05) is 18.2 Å². The minimum Gasteiger partial charge on any atom is -0.744 e. The number of nitrogens with two attached hydrogens (primary N) is 1. The number of hydrogen-bond donors (Lipinski definition) is 1. The van der Waals surface area contributed by atoms with Crippen LogP contribution in [0.3, 0.4) is 0 Å². The van der Waals surface area contributed by atoms with E-state index in [2.05, 4.69) is 0 Å². The van der Waals surface area contributed by atoms with Crippen LogP contribution in [-0.4, -0.2) is 13.0 Å². The van der Waals surface area contributed by atoms with Crippen molar-refractivity contribution in [2.24, 2.45) is 0 Å². The quantitative estimate of drug-likeness (QED) is 0.675. The van der Waals surface area contributed by atoms with Crippen molar-refractivity contribution in [3.8, 4) is 11.5 Å². The molecule has 18 heavy (non-hydrogen) atoms. The second-order valence-electron chi connectivity index (χ2n) is 3.58. The van der Waals surface area contributed by atoms with E-state index in [1.165, 1.54) is 12.1 Å². The smallest absolute Gasteiger partial charge is 0.145 e. The molecular weight excluding hydrogens is 254 g/mol. The molecule has 0 spiro atoms. The van der Waals surface area contributed by atoms with E-state index in [1.807, 2.05) is 0 Å². The van der Waals surface area contributed by atoms with Gasteiger partial charge in [-0.15, -0.1) is 0 Å². The minimum absolute atomic E-state index is 0.0367. The molecule has 0 bridgehead atoms. The summed E-state index contributed by atoms with van der Waals surface area (Å²) < 4.78 is 38.7. The van der Waals surface area contributed by atoms with Crippen LogP contribution < -0.4 is 10.5 Å². The molecule has 0 atom stereocenters. The van der Waals surface area contributed by atoms with Crippen LogP contribution in [0, 0.1) is 0 Å². The maximum absolute atomic E-state index is 11.1. The van der Waals surface area contributed by atoms with Gasteiger partial charge in [0.05, 0.1) is 4.90 Å². The zero-order valence-corrected chi connectivity index (χ0v) is 10.1. The van der Waals surface area contributed by atoms with Crippen molar-refractivity contribution < 1.29 is 17.7 Å². The number of nitrogen functional groups attached to an aromatic ring is 1. The Balaban J connectivity index is 2.46. The van der Waals surface area contributed by atoms with Gasteiger partial charge in [-0.25, -0.2) is 8.42 Å². The lowest BCUT2D eigenvalue weighted by molar-refractivity contribution is 0.441. The monoisotopic (exact) mass is 264 g/mol. The summed E-state index contributed by atoms with van der Waals surface area (Å²) in [4.78, 5) is -0.466. The molecule has 0 heterocycles. The molecular formula is C12H10NO4S-. The number of benzene rings is 2. The van der Waals surface area contributed by atoms with Gasteiger partial charge in [0.15, 0.2) is 0 Å². The molecule has 0 aliphatic carbocycles. The Bertz CT molecular complexity index is 653. The maximum Gasteiger partial charge on any atom is 0.145 e. The lowest BCUT2D eigenvalue weighted by Gasteiger charge is -2.14. The highest BCUT2D eigenvalue weighted by atomic mass is 32.2. The fourth-order valence-corrected chi connectivity index (χ4v) is 2.06. The summed E-state index contributed by atoms with van der Waals surface area (Å²) in [6.45, 7) is 0. The number of anilines is 1. The molecule has 2 N–H and O–H groups in total. The second kappa shape index (κ2) is 4.67. The molecule has 2 aromatic carbocycles. The standard InChI is InChI=1S/C12H11NO4S/c13-9-6-7-11(12(8-9)18(14,15)16)17-10-4-2-1-3-5-10/h1-8H,13H2,(H,14,15,16)/p-1. The lowest BCUT2D eigenvalue weighted by atomic mass is 10.3. The summed E-state index contributed by atoms with van der Waals surface area (Å²) in [6, 6.07) is 12.5. The van der Waals surface area contributed by atoms with E-state index in [0.29, 0.717) is 5.75 Å². The number of hydrogen-bond acceptors (Lipinski definition) is 5.